The predicted octanol–water partition coefficient (Wildman–Crippen LogP) is 1.67. The lowest BCUT2D eigenvalue weighted by Gasteiger charge is -2.14. The molecule has 0 aliphatic carbocycles. The van der Waals surface area contributed by atoms with Gasteiger partial charge in [0, 0.05) is 0 Å². The first-order chi connectivity index (χ1) is 8.77. The molecule has 106 valence electrons. The number of hydrogen-bond acceptors (Lipinski definition) is 3. The molecule has 0 fully saturated rings. The van der Waals surface area contributed by atoms with Crippen LogP contribution in [-0.4, -0.2) is 25.5 Å². The third-order valence-electron chi connectivity index (χ3n) is 2.63. The number of benzene rings is 1. The molecule has 0 saturated heterocycles. The number of carboxylic acids is 1. The summed E-state index contributed by atoms with van der Waals surface area (Å²) in [4.78, 5) is 10.6. The van der Waals surface area contributed by atoms with E-state index in [4.69, 9.17) is 5.11 Å². The number of halogens is 1. The smallest absolute Gasteiger partial charge is 0.321 e. The molecule has 0 spiro atoms. The number of nitrogens with one attached hydrogen (secondary N) is 1. The minimum Gasteiger partial charge on any atom is -0.480 e. The second kappa shape index (κ2) is 6.12. The Kier molecular flexibility index (Phi) is 5.02. The molecule has 0 aliphatic heterocycles. The third-order valence-corrected chi connectivity index (χ3v) is 4.10. The zero-order chi connectivity index (χ0) is 14.6. The van der Waals surface area contributed by atoms with Crippen LogP contribution in [-0.2, 0) is 14.8 Å². The summed E-state index contributed by atoms with van der Waals surface area (Å²) < 4.78 is 39.3. The molecule has 1 atom stereocenters. The number of carbonyl (C=O) groups is 1. The molecule has 0 amide bonds. The molecule has 2 N–H and O–H groups in total. The van der Waals surface area contributed by atoms with Crippen molar-refractivity contribution in [2.45, 2.75) is 37.6 Å². The fraction of sp³-hybridized carbons (Fsp3) is 0.417. The Balaban J connectivity index is 3.03. The SMILES string of the molecule is CCC[C@H](NS(=O)(=O)c1ccc(C)c(F)c1)C(=O)O. The average molecular weight is 289 g/mol. The minimum atomic E-state index is -4.04. The second-order valence-corrected chi connectivity index (χ2v) is 5.93. The van der Waals surface area contributed by atoms with Crippen molar-refractivity contribution in [3.05, 3.63) is 29.6 Å². The molecule has 0 heterocycles. The number of carboxylic acid groups (broad SMARTS) is 1. The molecule has 0 aromatic heterocycles. The van der Waals surface area contributed by atoms with Gasteiger partial charge in [-0.2, -0.15) is 4.72 Å². The van der Waals surface area contributed by atoms with E-state index in [0.717, 1.165) is 6.07 Å². The van der Waals surface area contributed by atoms with Gasteiger partial charge in [0.2, 0.25) is 10.0 Å². The summed E-state index contributed by atoms with van der Waals surface area (Å²) in [6, 6.07) is 2.24. The maximum atomic E-state index is 13.3. The molecule has 0 unspecified atom stereocenters. The van der Waals surface area contributed by atoms with E-state index in [1.807, 2.05) is 0 Å². The molecule has 0 bridgehead atoms. The summed E-state index contributed by atoms with van der Waals surface area (Å²) in [5.41, 5.74) is 0.322. The summed E-state index contributed by atoms with van der Waals surface area (Å²) in [6.45, 7) is 3.26. The lowest BCUT2D eigenvalue weighted by Crippen LogP contribution is -2.40. The first-order valence-electron chi connectivity index (χ1n) is 5.79. The van der Waals surface area contributed by atoms with Gasteiger partial charge in [-0.25, -0.2) is 12.8 Å². The molecule has 1 aromatic rings. The topological polar surface area (TPSA) is 83.5 Å². The number of hydrogen-bond donors (Lipinski definition) is 2. The van der Waals surface area contributed by atoms with E-state index in [1.165, 1.54) is 19.1 Å². The highest BCUT2D eigenvalue weighted by Gasteiger charge is 2.25. The van der Waals surface area contributed by atoms with Crippen LogP contribution >= 0.6 is 0 Å². The van der Waals surface area contributed by atoms with Gasteiger partial charge in [0.25, 0.3) is 0 Å². The zero-order valence-corrected chi connectivity index (χ0v) is 11.5. The van der Waals surface area contributed by atoms with Crippen molar-refractivity contribution in [2.75, 3.05) is 0 Å². The van der Waals surface area contributed by atoms with Crippen LogP contribution in [0.4, 0.5) is 4.39 Å². The third kappa shape index (κ3) is 4.00. The summed E-state index contributed by atoms with van der Waals surface area (Å²) in [5, 5.41) is 8.91. The average Bonchev–Trinajstić information content (AvgIpc) is 2.31. The van der Waals surface area contributed by atoms with E-state index in [-0.39, 0.29) is 11.3 Å². The molecule has 0 radical (unpaired) electrons. The largest absolute Gasteiger partial charge is 0.480 e. The van der Waals surface area contributed by atoms with Crippen LogP contribution in [0.3, 0.4) is 0 Å². The van der Waals surface area contributed by atoms with Crippen LogP contribution < -0.4 is 4.72 Å². The molecular formula is C12H16FNO4S. The van der Waals surface area contributed by atoms with E-state index in [9.17, 15) is 17.6 Å². The Morgan fingerprint density at radius 2 is 2.11 bits per heavy atom. The summed E-state index contributed by atoms with van der Waals surface area (Å²) in [5.74, 6) is -1.90. The van der Waals surface area contributed by atoms with Crippen molar-refractivity contribution < 1.29 is 22.7 Å². The van der Waals surface area contributed by atoms with Gasteiger partial charge >= 0.3 is 5.97 Å². The standard InChI is InChI=1S/C12H16FNO4S/c1-3-4-11(12(15)16)14-19(17,18)9-6-5-8(2)10(13)7-9/h5-7,11,14H,3-4H2,1-2H3,(H,15,16)/t11-/m0/s1. The first kappa shape index (κ1) is 15.6. The van der Waals surface area contributed by atoms with Gasteiger partial charge in [0.05, 0.1) is 4.90 Å². The van der Waals surface area contributed by atoms with Crippen LogP contribution in [0.5, 0.6) is 0 Å². The normalized spacial score (nSPS) is 13.2. The molecule has 0 saturated carbocycles. The Bertz CT molecular complexity index is 571. The van der Waals surface area contributed by atoms with E-state index in [1.54, 1.807) is 6.92 Å². The van der Waals surface area contributed by atoms with Crippen molar-refractivity contribution >= 4 is 16.0 Å². The fourth-order valence-electron chi connectivity index (χ4n) is 1.52. The summed E-state index contributed by atoms with van der Waals surface area (Å²) in [7, 11) is -4.04. The maximum Gasteiger partial charge on any atom is 0.321 e. The monoisotopic (exact) mass is 289 g/mol. The van der Waals surface area contributed by atoms with Crippen LogP contribution in [0.15, 0.2) is 23.1 Å². The second-order valence-electron chi connectivity index (χ2n) is 4.21. The molecule has 1 rings (SSSR count). The van der Waals surface area contributed by atoms with Crippen molar-refractivity contribution in [3.63, 3.8) is 0 Å². The molecule has 19 heavy (non-hydrogen) atoms. The quantitative estimate of drug-likeness (QED) is 0.834. The van der Waals surface area contributed by atoms with Crippen molar-refractivity contribution in [3.8, 4) is 0 Å². The summed E-state index contributed by atoms with van der Waals surface area (Å²) in [6.07, 6.45) is 0.685. The van der Waals surface area contributed by atoms with Crippen molar-refractivity contribution in [1.82, 2.24) is 4.72 Å². The van der Waals surface area contributed by atoms with Gasteiger partial charge in [-0.3, -0.25) is 4.79 Å². The number of aryl methyl sites for hydroxylation is 1. The van der Waals surface area contributed by atoms with Crippen molar-refractivity contribution in [2.24, 2.45) is 0 Å². The number of rotatable bonds is 6. The van der Waals surface area contributed by atoms with Gasteiger partial charge in [-0.05, 0) is 31.0 Å². The lowest BCUT2D eigenvalue weighted by molar-refractivity contribution is -0.139. The first-order valence-corrected chi connectivity index (χ1v) is 7.27. The number of sulfonamides is 1. The van der Waals surface area contributed by atoms with E-state index in [0.29, 0.717) is 12.0 Å². The molecule has 0 aliphatic rings. The Morgan fingerprint density at radius 1 is 1.47 bits per heavy atom. The molecule has 5 nitrogen and oxygen atoms in total. The van der Waals surface area contributed by atoms with Crippen molar-refractivity contribution in [1.29, 1.82) is 0 Å². The van der Waals surface area contributed by atoms with E-state index < -0.39 is 27.9 Å². The van der Waals surface area contributed by atoms with Gasteiger partial charge < -0.3 is 5.11 Å². The number of aliphatic carboxylic acids is 1. The van der Waals surface area contributed by atoms with Gasteiger partial charge in [0.15, 0.2) is 0 Å². The van der Waals surface area contributed by atoms with E-state index >= 15 is 0 Å². The van der Waals surface area contributed by atoms with Gasteiger partial charge in [0.1, 0.15) is 11.9 Å². The fourth-order valence-corrected chi connectivity index (χ4v) is 2.75. The highest BCUT2D eigenvalue weighted by molar-refractivity contribution is 7.89. The van der Waals surface area contributed by atoms with Crippen LogP contribution in [0.25, 0.3) is 0 Å². The highest BCUT2D eigenvalue weighted by Crippen LogP contribution is 2.15. The van der Waals surface area contributed by atoms with Crippen LogP contribution in [0.2, 0.25) is 0 Å². The highest BCUT2D eigenvalue weighted by atomic mass is 32.2. The van der Waals surface area contributed by atoms with E-state index in [2.05, 4.69) is 4.72 Å². The zero-order valence-electron chi connectivity index (χ0n) is 10.7. The molecule has 7 heteroatoms. The Hall–Kier alpha value is -1.47. The van der Waals surface area contributed by atoms with Gasteiger partial charge in [-0.1, -0.05) is 19.4 Å². The Morgan fingerprint density at radius 3 is 2.58 bits per heavy atom. The molecule has 1 aromatic carbocycles. The Labute approximate surface area is 111 Å². The minimum absolute atomic E-state index is 0.170. The lowest BCUT2D eigenvalue weighted by atomic mass is 10.2. The van der Waals surface area contributed by atoms with Gasteiger partial charge in [-0.15, -0.1) is 0 Å². The predicted molar refractivity (Wildman–Crippen MR) is 67.8 cm³/mol. The summed E-state index contributed by atoms with van der Waals surface area (Å²) >= 11 is 0. The maximum absolute atomic E-state index is 13.3. The van der Waals surface area contributed by atoms with Crippen LogP contribution in [0, 0.1) is 12.7 Å². The van der Waals surface area contributed by atoms with Crippen LogP contribution in [0.1, 0.15) is 25.3 Å². The molecular weight excluding hydrogens is 273 g/mol.